The van der Waals surface area contributed by atoms with Crippen LogP contribution in [0.3, 0.4) is 0 Å². The molecule has 1 fully saturated rings. The van der Waals surface area contributed by atoms with Gasteiger partial charge in [0, 0.05) is 19.0 Å². The molecule has 0 radical (unpaired) electrons. The maximum atomic E-state index is 13.1. The van der Waals surface area contributed by atoms with Crippen LogP contribution in [0.25, 0.3) is 0 Å². The summed E-state index contributed by atoms with van der Waals surface area (Å²) in [6.45, 7) is 2.62. The number of hydrogen-bond donors (Lipinski definition) is 0. The number of halogens is 3. The number of alkyl halides is 1. The molecule has 1 aliphatic heterocycles. The normalized spacial score (nSPS) is 21.7. The zero-order valence-corrected chi connectivity index (χ0v) is 10.4. The fourth-order valence-corrected chi connectivity index (χ4v) is 2.57. The van der Waals surface area contributed by atoms with E-state index < -0.39 is 11.6 Å². The van der Waals surface area contributed by atoms with Gasteiger partial charge in [-0.05, 0) is 43.0 Å². The van der Waals surface area contributed by atoms with Gasteiger partial charge in [-0.25, -0.2) is 8.78 Å². The van der Waals surface area contributed by atoms with Gasteiger partial charge < -0.3 is 0 Å². The Morgan fingerprint density at radius 2 is 2.12 bits per heavy atom. The summed E-state index contributed by atoms with van der Waals surface area (Å²) in [6.07, 6.45) is 2.29. The van der Waals surface area contributed by atoms with Crippen molar-refractivity contribution in [1.29, 1.82) is 0 Å². The van der Waals surface area contributed by atoms with Crippen LogP contribution < -0.4 is 0 Å². The van der Waals surface area contributed by atoms with E-state index in [9.17, 15) is 8.78 Å². The van der Waals surface area contributed by atoms with Gasteiger partial charge in [-0.3, -0.25) is 4.90 Å². The van der Waals surface area contributed by atoms with Gasteiger partial charge >= 0.3 is 0 Å². The Hall–Kier alpha value is -0.670. The lowest BCUT2D eigenvalue weighted by atomic mass is 9.99. The van der Waals surface area contributed by atoms with E-state index >= 15 is 0 Å². The first kappa shape index (κ1) is 12.8. The Balaban J connectivity index is 1.97. The molecule has 1 heterocycles. The third kappa shape index (κ3) is 3.39. The van der Waals surface area contributed by atoms with E-state index in [4.69, 9.17) is 11.6 Å². The molecule has 0 spiro atoms. The average molecular weight is 260 g/mol. The highest BCUT2D eigenvalue weighted by molar-refractivity contribution is 6.18. The van der Waals surface area contributed by atoms with Crippen molar-refractivity contribution < 1.29 is 8.78 Å². The topological polar surface area (TPSA) is 3.24 Å². The predicted octanol–water partition coefficient (Wildman–Crippen LogP) is 3.42. The first-order valence-electron chi connectivity index (χ1n) is 5.91. The van der Waals surface area contributed by atoms with E-state index in [2.05, 4.69) is 4.90 Å². The number of rotatable bonds is 3. The highest BCUT2D eigenvalue weighted by Gasteiger charge is 2.19. The first-order valence-corrected chi connectivity index (χ1v) is 6.44. The summed E-state index contributed by atoms with van der Waals surface area (Å²) in [5.74, 6) is -0.357. The van der Waals surface area contributed by atoms with Crippen molar-refractivity contribution >= 4 is 11.6 Å². The lowest BCUT2D eigenvalue weighted by Crippen LogP contribution is -2.35. The summed E-state index contributed by atoms with van der Waals surface area (Å²) in [7, 11) is 0. The van der Waals surface area contributed by atoms with Gasteiger partial charge in [0.25, 0.3) is 0 Å². The lowest BCUT2D eigenvalue weighted by molar-refractivity contribution is 0.178. The molecular formula is C13H16ClF2N. The molecule has 0 saturated carbocycles. The van der Waals surface area contributed by atoms with Crippen LogP contribution in [-0.2, 0) is 6.54 Å². The quantitative estimate of drug-likeness (QED) is 0.752. The first-order chi connectivity index (χ1) is 8.19. The van der Waals surface area contributed by atoms with E-state index in [1.807, 2.05) is 0 Å². The average Bonchev–Trinajstić information content (AvgIpc) is 2.34. The number of piperidine rings is 1. The highest BCUT2D eigenvalue weighted by Crippen LogP contribution is 2.20. The third-order valence-corrected chi connectivity index (χ3v) is 3.65. The Bertz CT molecular complexity index is 384. The fraction of sp³-hybridized carbons (Fsp3) is 0.538. The SMILES string of the molecule is Fc1ccc(CN2CCCC(CCl)C2)cc1F. The molecule has 1 aromatic carbocycles. The van der Waals surface area contributed by atoms with Crippen LogP contribution in [0.2, 0.25) is 0 Å². The largest absolute Gasteiger partial charge is 0.299 e. The summed E-state index contributed by atoms with van der Waals surface area (Å²) in [5.41, 5.74) is 0.819. The molecule has 1 atom stereocenters. The van der Waals surface area contributed by atoms with Crippen LogP contribution in [0.15, 0.2) is 18.2 Å². The minimum atomic E-state index is -0.786. The Labute approximate surface area is 105 Å². The van der Waals surface area contributed by atoms with Gasteiger partial charge in [0.1, 0.15) is 0 Å². The van der Waals surface area contributed by atoms with Crippen molar-refractivity contribution in [1.82, 2.24) is 4.90 Å². The maximum Gasteiger partial charge on any atom is 0.159 e. The molecule has 2 rings (SSSR count). The molecule has 94 valence electrons. The van der Waals surface area contributed by atoms with E-state index in [-0.39, 0.29) is 0 Å². The van der Waals surface area contributed by atoms with Crippen LogP contribution in [0.5, 0.6) is 0 Å². The van der Waals surface area contributed by atoms with E-state index in [0.29, 0.717) is 18.3 Å². The van der Waals surface area contributed by atoms with E-state index in [0.717, 1.165) is 31.5 Å². The molecule has 1 aliphatic rings. The van der Waals surface area contributed by atoms with Crippen LogP contribution in [-0.4, -0.2) is 23.9 Å². The van der Waals surface area contributed by atoms with Crippen molar-refractivity contribution in [2.45, 2.75) is 19.4 Å². The second-order valence-corrected chi connectivity index (χ2v) is 4.95. The standard InChI is InChI=1S/C13H16ClF2N/c14-7-11-2-1-5-17(9-11)8-10-3-4-12(15)13(16)6-10/h3-4,6,11H,1-2,5,7-9H2. The summed E-state index contributed by atoms with van der Waals surface area (Å²) in [6, 6.07) is 4.11. The number of hydrogen-bond acceptors (Lipinski definition) is 1. The third-order valence-electron chi connectivity index (χ3n) is 3.21. The molecule has 1 aromatic rings. The maximum absolute atomic E-state index is 13.1. The number of likely N-dealkylation sites (tertiary alicyclic amines) is 1. The van der Waals surface area contributed by atoms with Crippen LogP contribution >= 0.6 is 11.6 Å². The predicted molar refractivity (Wildman–Crippen MR) is 65.1 cm³/mol. The summed E-state index contributed by atoms with van der Waals surface area (Å²) >= 11 is 5.86. The summed E-state index contributed by atoms with van der Waals surface area (Å²) < 4.78 is 25.8. The molecular weight excluding hydrogens is 244 g/mol. The van der Waals surface area contributed by atoms with Crippen molar-refractivity contribution in [3.05, 3.63) is 35.4 Å². The summed E-state index contributed by atoms with van der Waals surface area (Å²) in [4.78, 5) is 2.25. The van der Waals surface area contributed by atoms with Gasteiger partial charge in [-0.15, -0.1) is 11.6 Å². The minimum absolute atomic E-state index is 0.524. The van der Waals surface area contributed by atoms with Crippen LogP contribution in [0.1, 0.15) is 18.4 Å². The monoisotopic (exact) mass is 259 g/mol. The molecule has 4 heteroatoms. The second kappa shape index (κ2) is 5.78. The molecule has 0 bridgehead atoms. The van der Waals surface area contributed by atoms with Crippen molar-refractivity contribution in [3.63, 3.8) is 0 Å². The Morgan fingerprint density at radius 3 is 2.82 bits per heavy atom. The van der Waals surface area contributed by atoms with Crippen LogP contribution in [0, 0.1) is 17.6 Å². The minimum Gasteiger partial charge on any atom is -0.299 e. The number of benzene rings is 1. The van der Waals surface area contributed by atoms with Crippen molar-refractivity contribution in [3.8, 4) is 0 Å². The smallest absolute Gasteiger partial charge is 0.159 e. The second-order valence-electron chi connectivity index (χ2n) is 4.65. The van der Waals surface area contributed by atoms with E-state index in [1.165, 1.54) is 12.1 Å². The lowest BCUT2D eigenvalue weighted by Gasteiger charge is -2.31. The van der Waals surface area contributed by atoms with Crippen molar-refractivity contribution in [2.75, 3.05) is 19.0 Å². The molecule has 0 N–H and O–H groups in total. The number of nitrogens with zero attached hydrogens (tertiary/aromatic N) is 1. The highest BCUT2D eigenvalue weighted by atomic mass is 35.5. The molecule has 1 saturated heterocycles. The zero-order valence-electron chi connectivity index (χ0n) is 9.63. The molecule has 17 heavy (non-hydrogen) atoms. The van der Waals surface area contributed by atoms with Crippen molar-refractivity contribution in [2.24, 2.45) is 5.92 Å². The Morgan fingerprint density at radius 1 is 1.29 bits per heavy atom. The van der Waals surface area contributed by atoms with Gasteiger partial charge in [-0.2, -0.15) is 0 Å². The molecule has 1 nitrogen and oxygen atoms in total. The van der Waals surface area contributed by atoms with Gasteiger partial charge in [-0.1, -0.05) is 6.07 Å². The summed E-state index contributed by atoms with van der Waals surface area (Å²) in [5, 5.41) is 0. The fourth-order valence-electron chi connectivity index (χ4n) is 2.32. The van der Waals surface area contributed by atoms with Gasteiger partial charge in [0.05, 0.1) is 0 Å². The van der Waals surface area contributed by atoms with Gasteiger partial charge in [0.15, 0.2) is 11.6 Å². The van der Waals surface area contributed by atoms with Gasteiger partial charge in [0.2, 0.25) is 0 Å². The molecule has 1 unspecified atom stereocenters. The molecule has 0 aliphatic carbocycles. The molecule has 0 amide bonds. The molecule has 0 aromatic heterocycles. The van der Waals surface area contributed by atoms with Crippen LogP contribution in [0.4, 0.5) is 8.78 Å². The zero-order chi connectivity index (χ0) is 12.3. The van der Waals surface area contributed by atoms with E-state index in [1.54, 1.807) is 6.07 Å². The Kier molecular flexibility index (Phi) is 4.35.